The van der Waals surface area contributed by atoms with Crippen LogP contribution in [0.25, 0.3) is 0 Å². The SMILES string of the molecule is CCc1ccccc1NC(=O)CNC(=O)c1ccc(=O)n(C)n1. The van der Waals surface area contributed by atoms with Crippen LogP contribution < -0.4 is 16.2 Å². The van der Waals surface area contributed by atoms with Crippen molar-refractivity contribution in [2.24, 2.45) is 7.05 Å². The molecule has 1 aromatic heterocycles. The Hall–Kier alpha value is -2.96. The molecule has 0 saturated heterocycles. The van der Waals surface area contributed by atoms with Crippen LogP contribution >= 0.6 is 0 Å². The van der Waals surface area contributed by atoms with Gasteiger partial charge in [-0.15, -0.1) is 0 Å². The van der Waals surface area contributed by atoms with E-state index in [1.165, 1.54) is 19.2 Å². The van der Waals surface area contributed by atoms with Crippen molar-refractivity contribution in [1.29, 1.82) is 0 Å². The summed E-state index contributed by atoms with van der Waals surface area (Å²) in [7, 11) is 1.45. The number of anilines is 1. The number of para-hydroxylation sites is 1. The number of hydrogen-bond acceptors (Lipinski definition) is 4. The molecule has 2 rings (SSSR count). The fourth-order valence-electron chi connectivity index (χ4n) is 2.02. The fourth-order valence-corrected chi connectivity index (χ4v) is 2.02. The Labute approximate surface area is 133 Å². The second-order valence-electron chi connectivity index (χ2n) is 4.92. The molecule has 1 heterocycles. The summed E-state index contributed by atoms with van der Waals surface area (Å²) >= 11 is 0. The minimum absolute atomic E-state index is 0.0776. The number of nitrogens with zero attached hydrogens (tertiary/aromatic N) is 2. The van der Waals surface area contributed by atoms with Crippen molar-refractivity contribution >= 4 is 17.5 Å². The van der Waals surface area contributed by atoms with Crippen LogP contribution in [0.1, 0.15) is 23.0 Å². The summed E-state index contributed by atoms with van der Waals surface area (Å²) in [6, 6.07) is 10.1. The second-order valence-corrected chi connectivity index (χ2v) is 4.92. The van der Waals surface area contributed by atoms with Crippen molar-refractivity contribution in [1.82, 2.24) is 15.1 Å². The third-order valence-electron chi connectivity index (χ3n) is 3.27. The molecule has 0 unspecified atom stereocenters. The maximum Gasteiger partial charge on any atom is 0.272 e. The van der Waals surface area contributed by atoms with Gasteiger partial charge in [0.25, 0.3) is 11.5 Å². The quantitative estimate of drug-likeness (QED) is 0.850. The molecule has 0 fully saturated rings. The van der Waals surface area contributed by atoms with E-state index in [4.69, 9.17) is 0 Å². The molecule has 0 atom stereocenters. The zero-order valence-corrected chi connectivity index (χ0v) is 13.0. The summed E-state index contributed by atoms with van der Waals surface area (Å²) in [4.78, 5) is 35.1. The minimum Gasteiger partial charge on any atom is -0.342 e. The molecule has 0 saturated carbocycles. The van der Waals surface area contributed by atoms with Gasteiger partial charge in [-0.2, -0.15) is 5.10 Å². The standard InChI is InChI=1S/C16H18N4O3/c1-3-11-6-4-5-7-12(11)18-14(21)10-17-16(23)13-8-9-15(22)20(2)19-13/h4-9H,3,10H2,1-2H3,(H,17,23)(H,18,21). The fraction of sp³-hybridized carbons (Fsp3) is 0.250. The summed E-state index contributed by atoms with van der Waals surface area (Å²) in [5, 5.41) is 9.06. The molecule has 2 N–H and O–H groups in total. The van der Waals surface area contributed by atoms with Crippen LogP contribution in [-0.4, -0.2) is 28.1 Å². The molecule has 0 radical (unpaired) electrons. The highest BCUT2D eigenvalue weighted by Crippen LogP contribution is 2.14. The van der Waals surface area contributed by atoms with Crippen molar-refractivity contribution in [2.75, 3.05) is 11.9 Å². The molecule has 2 aromatic rings. The highest BCUT2D eigenvalue weighted by Gasteiger charge is 2.11. The Bertz CT molecular complexity index is 783. The zero-order chi connectivity index (χ0) is 16.8. The van der Waals surface area contributed by atoms with E-state index in [1.807, 2.05) is 31.2 Å². The molecule has 7 heteroatoms. The van der Waals surface area contributed by atoms with Crippen LogP contribution in [0.3, 0.4) is 0 Å². The van der Waals surface area contributed by atoms with Gasteiger partial charge in [0, 0.05) is 18.8 Å². The van der Waals surface area contributed by atoms with E-state index in [9.17, 15) is 14.4 Å². The number of aromatic nitrogens is 2. The summed E-state index contributed by atoms with van der Waals surface area (Å²) in [6.07, 6.45) is 0.796. The van der Waals surface area contributed by atoms with E-state index in [2.05, 4.69) is 15.7 Å². The molecule has 0 spiro atoms. The van der Waals surface area contributed by atoms with Gasteiger partial charge in [-0.3, -0.25) is 14.4 Å². The van der Waals surface area contributed by atoms with Gasteiger partial charge in [0.15, 0.2) is 0 Å². The first-order valence-corrected chi connectivity index (χ1v) is 7.21. The minimum atomic E-state index is -0.514. The Balaban J connectivity index is 1.94. The monoisotopic (exact) mass is 314 g/mol. The Kier molecular flexibility index (Phi) is 5.24. The number of carbonyl (C=O) groups excluding carboxylic acids is 2. The molecule has 0 aliphatic rings. The topological polar surface area (TPSA) is 93.1 Å². The predicted molar refractivity (Wildman–Crippen MR) is 86.3 cm³/mol. The van der Waals surface area contributed by atoms with Crippen LogP contribution in [0.15, 0.2) is 41.2 Å². The molecular weight excluding hydrogens is 296 g/mol. The highest BCUT2D eigenvalue weighted by molar-refractivity contribution is 5.98. The maximum atomic E-state index is 11.9. The van der Waals surface area contributed by atoms with Gasteiger partial charge in [-0.1, -0.05) is 25.1 Å². The van der Waals surface area contributed by atoms with Crippen LogP contribution in [0.4, 0.5) is 5.69 Å². The van der Waals surface area contributed by atoms with Crippen LogP contribution in [0, 0.1) is 0 Å². The molecular formula is C16H18N4O3. The molecule has 7 nitrogen and oxygen atoms in total. The number of amides is 2. The van der Waals surface area contributed by atoms with E-state index in [-0.39, 0.29) is 23.7 Å². The van der Waals surface area contributed by atoms with Crippen molar-refractivity contribution in [3.05, 3.63) is 58.0 Å². The highest BCUT2D eigenvalue weighted by atomic mass is 16.2. The summed E-state index contributed by atoms with van der Waals surface area (Å²) in [5.41, 5.74) is 1.52. The maximum absolute atomic E-state index is 11.9. The van der Waals surface area contributed by atoms with Gasteiger partial charge in [0.2, 0.25) is 5.91 Å². The molecule has 2 amide bonds. The van der Waals surface area contributed by atoms with Gasteiger partial charge >= 0.3 is 0 Å². The first-order chi connectivity index (χ1) is 11.0. The van der Waals surface area contributed by atoms with E-state index < -0.39 is 5.91 Å². The summed E-state index contributed by atoms with van der Waals surface area (Å²) in [5.74, 6) is -0.844. The summed E-state index contributed by atoms with van der Waals surface area (Å²) in [6.45, 7) is 1.82. The number of nitrogens with one attached hydrogen (secondary N) is 2. The van der Waals surface area contributed by atoms with E-state index in [0.29, 0.717) is 0 Å². The van der Waals surface area contributed by atoms with Gasteiger partial charge in [-0.05, 0) is 24.1 Å². The van der Waals surface area contributed by atoms with Crippen molar-refractivity contribution < 1.29 is 9.59 Å². The van der Waals surface area contributed by atoms with Crippen LogP contribution in [0.5, 0.6) is 0 Å². The van der Waals surface area contributed by atoms with Gasteiger partial charge in [0.1, 0.15) is 5.69 Å². The normalized spacial score (nSPS) is 10.2. The third-order valence-corrected chi connectivity index (χ3v) is 3.27. The first kappa shape index (κ1) is 16.4. The van der Waals surface area contributed by atoms with Crippen molar-refractivity contribution in [2.45, 2.75) is 13.3 Å². The molecule has 0 bridgehead atoms. The molecule has 1 aromatic carbocycles. The molecule has 23 heavy (non-hydrogen) atoms. The number of aryl methyl sites for hydroxylation is 2. The Morgan fingerprint density at radius 1 is 1.17 bits per heavy atom. The van der Waals surface area contributed by atoms with E-state index in [1.54, 1.807) is 0 Å². The first-order valence-electron chi connectivity index (χ1n) is 7.21. The lowest BCUT2D eigenvalue weighted by Gasteiger charge is -2.10. The second kappa shape index (κ2) is 7.35. The molecule has 0 aliphatic heterocycles. The largest absolute Gasteiger partial charge is 0.342 e. The lowest BCUT2D eigenvalue weighted by Crippen LogP contribution is -2.34. The van der Waals surface area contributed by atoms with Crippen LogP contribution in [0.2, 0.25) is 0 Å². The van der Waals surface area contributed by atoms with Gasteiger partial charge < -0.3 is 10.6 Å². The van der Waals surface area contributed by atoms with Crippen molar-refractivity contribution in [3.63, 3.8) is 0 Å². The third kappa shape index (κ3) is 4.26. The molecule has 120 valence electrons. The average Bonchev–Trinajstić information content (AvgIpc) is 2.55. The van der Waals surface area contributed by atoms with Crippen LogP contribution in [-0.2, 0) is 18.3 Å². The number of benzene rings is 1. The van der Waals surface area contributed by atoms with Gasteiger partial charge in [0.05, 0.1) is 6.54 Å². The summed E-state index contributed by atoms with van der Waals surface area (Å²) < 4.78 is 1.06. The smallest absolute Gasteiger partial charge is 0.272 e. The Morgan fingerprint density at radius 3 is 2.61 bits per heavy atom. The predicted octanol–water partition coefficient (Wildman–Crippen LogP) is 0.711. The number of rotatable bonds is 5. The van der Waals surface area contributed by atoms with E-state index >= 15 is 0 Å². The van der Waals surface area contributed by atoms with Crippen molar-refractivity contribution in [3.8, 4) is 0 Å². The Morgan fingerprint density at radius 2 is 1.91 bits per heavy atom. The number of hydrogen-bond donors (Lipinski definition) is 2. The van der Waals surface area contributed by atoms with E-state index in [0.717, 1.165) is 22.4 Å². The average molecular weight is 314 g/mol. The zero-order valence-electron chi connectivity index (χ0n) is 13.0. The van der Waals surface area contributed by atoms with Gasteiger partial charge in [-0.25, -0.2) is 4.68 Å². The number of carbonyl (C=O) groups is 2. The molecule has 0 aliphatic carbocycles. The lowest BCUT2D eigenvalue weighted by atomic mass is 10.1. The lowest BCUT2D eigenvalue weighted by molar-refractivity contribution is -0.115.